The highest BCUT2D eigenvalue weighted by Gasteiger charge is 2.36. The molecular weight excluding hydrogens is 292 g/mol. The minimum Gasteiger partial charge on any atom is -0.480 e. The summed E-state index contributed by atoms with van der Waals surface area (Å²) in [7, 11) is 0. The first-order valence-electron chi connectivity index (χ1n) is 6.26. The lowest BCUT2D eigenvalue weighted by molar-refractivity contribution is -0.140. The second-order valence-electron chi connectivity index (χ2n) is 4.48. The quantitative estimate of drug-likeness (QED) is 0.905. The van der Waals surface area contributed by atoms with Gasteiger partial charge in [0.2, 0.25) is 0 Å². The van der Waals surface area contributed by atoms with Gasteiger partial charge < -0.3 is 10.0 Å². The molecule has 1 atom stereocenters. The lowest BCUT2D eigenvalue weighted by Crippen LogP contribution is -2.41. The first kappa shape index (κ1) is 13.6. The van der Waals surface area contributed by atoms with E-state index in [9.17, 15) is 9.59 Å². The third-order valence-corrected chi connectivity index (χ3v) is 4.14. The predicted molar refractivity (Wildman–Crippen MR) is 76.3 cm³/mol. The molecule has 1 N–H and O–H groups in total. The molecule has 0 saturated carbocycles. The van der Waals surface area contributed by atoms with Crippen molar-refractivity contribution < 1.29 is 14.7 Å². The average Bonchev–Trinajstić information content (AvgIpc) is 3.17. The van der Waals surface area contributed by atoms with Crippen molar-refractivity contribution in [1.82, 2.24) is 19.9 Å². The third-order valence-electron chi connectivity index (χ3n) is 3.13. The van der Waals surface area contributed by atoms with Crippen molar-refractivity contribution in [2.75, 3.05) is 11.6 Å². The summed E-state index contributed by atoms with van der Waals surface area (Å²) in [5.74, 6) is -0.652. The van der Waals surface area contributed by atoms with Crippen LogP contribution in [0.1, 0.15) is 10.5 Å². The largest absolute Gasteiger partial charge is 0.480 e. The molecule has 3 rings (SSSR count). The Morgan fingerprint density at radius 2 is 2.05 bits per heavy atom. The number of carboxylic acids is 1. The number of hydrogen-bond acceptors (Lipinski definition) is 5. The maximum Gasteiger partial charge on any atom is 0.327 e. The number of benzene rings is 1. The molecular formula is C13H12N4O3S. The molecule has 8 heteroatoms. The topological polar surface area (TPSA) is 88.3 Å². The van der Waals surface area contributed by atoms with E-state index in [1.54, 1.807) is 0 Å². The molecule has 1 aliphatic rings. The summed E-state index contributed by atoms with van der Waals surface area (Å²) >= 11 is 1.41. The van der Waals surface area contributed by atoms with Crippen LogP contribution in [-0.4, -0.2) is 54.5 Å². The molecule has 7 nitrogen and oxygen atoms in total. The molecule has 0 aliphatic carbocycles. The smallest absolute Gasteiger partial charge is 0.327 e. The molecule has 1 aromatic heterocycles. The van der Waals surface area contributed by atoms with E-state index in [1.807, 2.05) is 30.3 Å². The molecule has 2 heterocycles. The highest BCUT2D eigenvalue weighted by Crippen LogP contribution is 2.22. The van der Waals surface area contributed by atoms with Gasteiger partial charge >= 0.3 is 5.97 Å². The van der Waals surface area contributed by atoms with Gasteiger partial charge in [-0.2, -0.15) is 9.90 Å². The van der Waals surface area contributed by atoms with E-state index in [0.717, 1.165) is 5.69 Å². The third kappa shape index (κ3) is 2.62. The normalized spacial score (nSPS) is 17.9. The van der Waals surface area contributed by atoms with Crippen LogP contribution in [0.5, 0.6) is 0 Å². The van der Waals surface area contributed by atoms with Crippen LogP contribution in [0, 0.1) is 0 Å². The van der Waals surface area contributed by atoms with E-state index in [4.69, 9.17) is 5.11 Å². The molecule has 1 aliphatic heterocycles. The number of aromatic nitrogens is 3. The molecule has 1 fully saturated rings. The first-order valence-corrected chi connectivity index (χ1v) is 7.41. The van der Waals surface area contributed by atoms with Crippen LogP contribution in [-0.2, 0) is 4.79 Å². The Labute approximate surface area is 124 Å². The Hall–Kier alpha value is -2.35. The van der Waals surface area contributed by atoms with Gasteiger partial charge in [0.25, 0.3) is 5.91 Å². The number of carbonyl (C=O) groups excluding carboxylic acids is 1. The number of amides is 1. The fraction of sp³-hybridized carbons (Fsp3) is 0.231. The Morgan fingerprint density at radius 3 is 2.76 bits per heavy atom. The molecule has 108 valence electrons. The number of rotatable bonds is 3. The van der Waals surface area contributed by atoms with Crippen molar-refractivity contribution in [2.24, 2.45) is 0 Å². The summed E-state index contributed by atoms with van der Waals surface area (Å²) in [6.45, 7) is 0. The van der Waals surface area contributed by atoms with Gasteiger partial charge in [-0.3, -0.25) is 4.79 Å². The summed E-state index contributed by atoms with van der Waals surface area (Å²) in [6, 6.07) is 8.40. The monoisotopic (exact) mass is 304 g/mol. The number of carbonyl (C=O) groups is 2. The Balaban J connectivity index is 1.83. The van der Waals surface area contributed by atoms with Crippen molar-refractivity contribution in [1.29, 1.82) is 0 Å². The number of nitrogens with zero attached hydrogens (tertiary/aromatic N) is 4. The zero-order chi connectivity index (χ0) is 14.8. The first-order chi connectivity index (χ1) is 10.2. The molecule has 0 spiro atoms. The van der Waals surface area contributed by atoms with E-state index in [1.165, 1.54) is 27.7 Å². The van der Waals surface area contributed by atoms with Crippen molar-refractivity contribution in [3.05, 3.63) is 42.2 Å². The minimum absolute atomic E-state index is 0.146. The van der Waals surface area contributed by atoms with Crippen LogP contribution in [0.3, 0.4) is 0 Å². The second-order valence-corrected chi connectivity index (χ2v) is 5.48. The zero-order valence-electron chi connectivity index (χ0n) is 10.9. The van der Waals surface area contributed by atoms with Crippen LogP contribution in [0.2, 0.25) is 0 Å². The van der Waals surface area contributed by atoms with Crippen LogP contribution in [0.25, 0.3) is 5.69 Å². The molecule has 2 aromatic rings. The molecule has 1 aromatic carbocycles. The zero-order valence-corrected chi connectivity index (χ0v) is 11.7. The highest BCUT2D eigenvalue weighted by molar-refractivity contribution is 7.99. The van der Waals surface area contributed by atoms with Crippen molar-refractivity contribution in [2.45, 2.75) is 6.04 Å². The van der Waals surface area contributed by atoms with Gasteiger partial charge in [-0.1, -0.05) is 18.2 Å². The van der Waals surface area contributed by atoms with Gasteiger partial charge in [-0.25, -0.2) is 4.79 Å². The Kier molecular flexibility index (Phi) is 3.61. The fourth-order valence-corrected chi connectivity index (χ4v) is 3.19. The summed E-state index contributed by atoms with van der Waals surface area (Å²) in [5.41, 5.74) is 0.884. The maximum atomic E-state index is 12.3. The number of thioether (sulfide) groups is 1. The summed E-state index contributed by atoms with van der Waals surface area (Å²) in [5, 5.41) is 17.3. The molecule has 0 unspecified atom stereocenters. The Bertz CT molecular complexity index is 673. The second kappa shape index (κ2) is 5.57. The van der Waals surface area contributed by atoms with Gasteiger partial charge in [0.1, 0.15) is 6.04 Å². The van der Waals surface area contributed by atoms with Crippen LogP contribution in [0.4, 0.5) is 0 Å². The van der Waals surface area contributed by atoms with Crippen molar-refractivity contribution in [3.8, 4) is 5.69 Å². The summed E-state index contributed by atoms with van der Waals surface area (Å²) in [6.07, 6.45) is 1.36. The molecule has 0 bridgehead atoms. The fourth-order valence-electron chi connectivity index (χ4n) is 2.04. The predicted octanol–water partition coefficient (Wildman–Crippen LogP) is 0.867. The number of carboxylic acid groups (broad SMARTS) is 1. The lowest BCUT2D eigenvalue weighted by atomic mass is 10.3. The summed E-state index contributed by atoms with van der Waals surface area (Å²) < 4.78 is 0. The van der Waals surface area contributed by atoms with Crippen LogP contribution in [0.15, 0.2) is 36.5 Å². The van der Waals surface area contributed by atoms with Crippen LogP contribution >= 0.6 is 11.8 Å². The number of para-hydroxylation sites is 1. The Morgan fingerprint density at radius 1 is 1.29 bits per heavy atom. The maximum absolute atomic E-state index is 12.3. The van der Waals surface area contributed by atoms with Gasteiger partial charge in [-0.15, -0.1) is 16.9 Å². The van der Waals surface area contributed by atoms with Crippen molar-refractivity contribution >= 4 is 23.6 Å². The highest BCUT2D eigenvalue weighted by atomic mass is 32.2. The lowest BCUT2D eigenvalue weighted by Gasteiger charge is -2.18. The molecule has 0 radical (unpaired) electrons. The van der Waals surface area contributed by atoms with Gasteiger partial charge in [0.05, 0.1) is 17.8 Å². The molecule has 1 saturated heterocycles. The standard InChI is InChI=1S/C13H12N4O3S/c18-12(16-8-21-7-11(16)13(19)20)10-6-14-17(15-10)9-4-2-1-3-5-9/h1-6,11H,7-8H2,(H,19,20)/t11-/m0/s1. The van der Waals surface area contributed by atoms with E-state index in [2.05, 4.69) is 10.2 Å². The van der Waals surface area contributed by atoms with E-state index in [0.29, 0.717) is 11.6 Å². The van der Waals surface area contributed by atoms with E-state index >= 15 is 0 Å². The van der Waals surface area contributed by atoms with Gasteiger partial charge in [-0.05, 0) is 12.1 Å². The summed E-state index contributed by atoms with van der Waals surface area (Å²) in [4.78, 5) is 26.1. The number of hydrogen-bond donors (Lipinski definition) is 1. The van der Waals surface area contributed by atoms with Crippen molar-refractivity contribution in [3.63, 3.8) is 0 Å². The molecule has 1 amide bonds. The van der Waals surface area contributed by atoms with Crippen LogP contribution < -0.4 is 0 Å². The van der Waals surface area contributed by atoms with Gasteiger partial charge in [0, 0.05) is 5.75 Å². The minimum atomic E-state index is -0.996. The SMILES string of the molecule is O=C(O)[C@@H]1CSCN1C(=O)c1cnn(-c2ccccc2)n1. The molecule has 21 heavy (non-hydrogen) atoms. The number of aliphatic carboxylic acids is 1. The van der Waals surface area contributed by atoms with E-state index < -0.39 is 17.9 Å². The van der Waals surface area contributed by atoms with Gasteiger partial charge in [0.15, 0.2) is 5.69 Å². The van der Waals surface area contributed by atoms with E-state index in [-0.39, 0.29) is 5.69 Å². The average molecular weight is 304 g/mol.